The second-order valence-corrected chi connectivity index (χ2v) is 6.93. The molecular formula is C15H19F2N3O3S. The molecule has 0 aliphatic heterocycles. The Hall–Kier alpha value is -2.00. The van der Waals surface area contributed by atoms with E-state index in [1.54, 1.807) is 4.57 Å². The summed E-state index contributed by atoms with van der Waals surface area (Å²) in [6, 6.07) is 2.20. The highest BCUT2D eigenvalue weighted by Gasteiger charge is 2.30. The molecule has 1 aromatic carbocycles. The molecule has 1 aromatic heterocycles. The molecule has 0 amide bonds. The molecule has 2 aromatic rings. The van der Waals surface area contributed by atoms with Crippen LogP contribution in [0.2, 0.25) is 0 Å². The van der Waals surface area contributed by atoms with E-state index in [-0.39, 0.29) is 17.5 Å². The molecule has 0 saturated heterocycles. The van der Waals surface area contributed by atoms with E-state index >= 15 is 0 Å². The molecule has 24 heavy (non-hydrogen) atoms. The summed E-state index contributed by atoms with van der Waals surface area (Å²) in [5, 5.41) is -0.288. The van der Waals surface area contributed by atoms with E-state index in [0.29, 0.717) is 24.1 Å². The number of nitrogens with zero attached hydrogens (tertiary/aromatic N) is 2. The molecule has 0 fully saturated rings. The van der Waals surface area contributed by atoms with Gasteiger partial charge in [0.25, 0.3) is 0 Å². The van der Waals surface area contributed by atoms with E-state index in [1.807, 2.05) is 20.8 Å². The summed E-state index contributed by atoms with van der Waals surface area (Å²) in [4.78, 5) is 4.07. The lowest BCUT2D eigenvalue weighted by molar-refractivity contribution is 0.473. The second kappa shape index (κ2) is 6.86. The molecular weight excluding hydrogens is 340 g/mol. The minimum atomic E-state index is -4.37. The molecule has 0 aliphatic rings. The van der Waals surface area contributed by atoms with E-state index in [2.05, 4.69) is 4.98 Å². The van der Waals surface area contributed by atoms with Crippen molar-refractivity contribution in [3.05, 3.63) is 41.4 Å². The van der Waals surface area contributed by atoms with Gasteiger partial charge in [-0.2, -0.15) is 8.42 Å². The quantitative estimate of drug-likeness (QED) is 0.801. The number of hydrogen-bond donors (Lipinski definition) is 1. The van der Waals surface area contributed by atoms with Gasteiger partial charge in [0.1, 0.15) is 23.2 Å². The van der Waals surface area contributed by atoms with Crippen LogP contribution in [-0.4, -0.2) is 18.0 Å². The van der Waals surface area contributed by atoms with Gasteiger partial charge in [0.2, 0.25) is 5.03 Å². The number of halogens is 2. The average Bonchev–Trinajstić information content (AvgIpc) is 2.85. The molecule has 2 rings (SSSR count). The van der Waals surface area contributed by atoms with Gasteiger partial charge in [-0.1, -0.05) is 13.8 Å². The lowest BCUT2D eigenvalue weighted by atomic mass is 10.1. The molecule has 132 valence electrons. The van der Waals surface area contributed by atoms with Crippen molar-refractivity contribution < 1.29 is 21.4 Å². The molecule has 0 spiro atoms. The summed E-state index contributed by atoms with van der Waals surface area (Å²) < 4.78 is 58.2. The van der Waals surface area contributed by atoms with Crippen molar-refractivity contribution in [1.82, 2.24) is 9.55 Å². The zero-order valence-corrected chi connectivity index (χ0v) is 14.4. The third-order valence-corrected chi connectivity index (χ3v) is 4.56. The summed E-state index contributed by atoms with van der Waals surface area (Å²) >= 11 is 0. The lowest BCUT2D eigenvalue weighted by Gasteiger charge is -2.13. The Balaban J connectivity index is 2.54. The summed E-state index contributed by atoms with van der Waals surface area (Å²) in [5.41, 5.74) is 6.07. The van der Waals surface area contributed by atoms with E-state index in [9.17, 15) is 17.2 Å². The minimum absolute atomic E-state index is 0.0532. The van der Waals surface area contributed by atoms with E-state index in [0.717, 1.165) is 12.1 Å². The highest BCUT2D eigenvalue weighted by atomic mass is 32.2. The maximum Gasteiger partial charge on any atom is 0.358 e. The Morgan fingerprint density at radius 1 is 1.25 bits per heavy atom. The highest BCUT2D eigenvalue weighted by molar-refractivity contribution is 7.87. The fourth-order valence-corrected chi connectivity index (χ4v) is 3.73. The van der Waals surface area contributed by atoms with E-state index in [1.165, 1.54) is 0 Å². The van der Waals surface area contributed by atoms with Gasteiger partial charge in [-0.25, -0.2) is 13.8 Å². The predicted molar refractivity (Wildman–Crippen MR) is 84.1 cm³/mol. The van der Waals surface area contributed by atoms with Crippen LogP contribution in [0.3, 0.4) is 0 Å². The van der Waals surface area contributed by atoms with Crippen LogP contribution in [0.5, 0.6) is 5.75 Å². The van der Waals surface area contributed by atoms with Crippen molar-refractivity contribution in [3.63, 3.8) is 0 Å². The van der Waals surface area contributed by atoms with Crippen LogP contribution in [-0.2, 0) is 23.2 Å². The SMILES string of the molecule is CCn1c(CN)nc(S(=O)(=O)Oc2cc(F)cc(F)c2)c1C(C)C. The van der Waals surface area contributed by atoms with E-state index < -0.39 is 27.5 Å². The first-order chi connectivity index (χ1) is 11.2. The topological polar surface area (TPSA) is 87.2 Å². The van der Waals surface area contributed by atoms with Gasteiger partial charge < -0.3 is 14.5 Å². The summed E-state index contributed by atoms with van der Waals surface area (Å²) in [5.74, 6) is -2.11. The molecule has 0 bridgehead atoms. The normalized spacial score (nSPS) is 12.0. The summed E-state index contributed by atoms with van der Waals surface area (Å²) in [6.45, 7) is 6.00. The number of hydrogen-bond acceptors (Lipinski definition) is 5. The van der Waals surface area contributed by atoms with Crippen molar-refractivity contribution in [2.75, 3.05) is 0 Å². The zero-order valence-electron chi connectivity index (χ0n) is 13.6. The van der Waals surface area contributed by atoms with Crippen LogP contribution < -0.4 is 9.92 Å². The van der Waals surface area contributed by atoms with Gasteiger partial charge in [-0.15, -0.1) is 0 Å². The third kappa shape index (κ3) is 3.57. The Kier molecular flexibility index (Phi) is 5.24. The van der Waals surface area contributed by atoms with Crippen LogP contribution >= 0.6 is 0 Å². The monoisotopic (exact) mass is 359 g/mol. The largest absolute Gasteiger partial charge is 0.378 e. The molecule has 0 aliphatic carbocycles. The van der Waals surface area contributed by atoms with E-state index in [4.69, 9.17) is 9.92 Å². The first kappa shape index (κ1) is 18.3. The van der Waals surface area contributed by atoms with Crippen molar-refractivity contribution in [1.29, 1.82) is 0 Å². The maximum absolute atomic E-state index is 13.2. The molecule has 6 nitrogen and oxygen atoms in total. The van der Waals surface area contributed by atoms with Gasteiger partial charge in [-0.05, 0) is 12.8 Å². The maximum atomic E-state index is 13.2. The van der Waals surface area contributed by atoms with Crippen molar-refractivity contribution in [2.45, 2.75) is 44.8 Å². The number of imidazole rings is 1. The van der Waals surface area contributed by atoms with Crippen molar-refractivity contribution in [3.8, 4) is 5.75 Å². The number of benzene rings is 1. The smallest absolute Gasteiger partial charge is 0.358 e. The van der Waals surface area contributed by atoms with Crippen LogP contribution in [0.1, 0.15) is 38.2 Å². The molecule has 0 saturated carbocycles. The summed E-state index contributed by atoms with van der Waals surface area (Å²) in [6.07, 6.45) is 0. The van der Waals surface area contributed by atoms with Gasteiger partial charge >= 0.3 is 10.1 Å². The minimum Gasteiger partial charge on any atom is -0.378 e. The van der Waals surface area contributed by atoms with Gasteiger partial charge in [0.15, 0.2) is 0 Å². The lowest BCUT2D eigenvalue weighted by Crippen LogP contribution is -2.15. The fourth-order valence-electron chi connectivity index (χ4n) is 2.48. The standard InChI is InChI=1S/C15H19F2N3O3S/c1-4-20-13(8-18)19-15(14(20)9(2)3)24(21,22)23-12-6-10(16)5-11(17)7-12/h5-7,9H,4,8,18H2,1-3H3. The van der Waals surface area contributed by atoms with Crippen LogP contribution in [0.4, 0.5) is 8.78 Å². The van der Waals surface area contributed by atoms with Crippen LogP contribution in [0, 0.1) is 11.6 Å². The number of rotatable bonds is 6. The predicted octanol–water partition coefficient (Wildman–Crippen LogP) is 2.53. The molecule has 1 heterocycles. The van der Waals surface area contributed by atoms with Crippen LogP contribution in [0.15, 0.2) is 23.2 Å². The van der Waals surface area contributed by atoms with Gasteiger partial charge in [0, 0.05) is 24.7 Å². The Bertz CT molecular complexity index is 828. The first-order valence-electron chi connectivity index (χ1n) is 7.39. The Morgan fingerprint density at radius 3 is 2.29 bits per heavy atom. The van der Waals surface area contributed by atoms with Gasteiger partial charge in [-0.3, -0.25) is 0 Å². The molecule has 9 heteroatoms. The molecule has 0 radical (unpaired) electrons. The molecule has 2 N–H and O–H groups in total. The van der Waals surface area contributed by atoms with Crippen molar-refractivity contribution >= 4 is 10.1 Å². The molecule has 0 atom stereocenters. The zero-order chi connectivity index (χ0) is 18.1. The third-order valence-electron chi connectivity index (χ3n) is 3.38. The molecule has 0 unspecified atom stereocenters. The summed E-state index contributed by atoms with van der Waals surface area (Å²) in [7, 11) is -4.37. The first-order valence-corrected chi connectivity index (χ1v) is 8.80. The van der Waals surface area contributed by atoms with Crippen molar-refractivity contribution in [2.24, 2.45) is 5.73 Å². The highest BCUT2D eigenvalue weighted by Crippen LogP contribution is 2.28. The second-order valence-electron chi connectivity index (χ2n) is 5.46. The Morgan fingerprint density at radius 2 is 1.83 bits per heavy atom. The Labute approximate surface area is 139 Å². The van der Waals surface area contributed by atoms with Gasteiger partial charge in [0.05, 0.1) is 12.2 Å². The number of nitrogens with two attached hydrogens (primary N) is 1. The van der Waals surface area contributed by atoms with Crippen LogP contribution in [0.25, 0.3) is 0 Å². The fraction of sp³-hybridized carbons (Fsp3) is 0.400. The number of aromatic nitrogens is 2. The average molecular weight is 359 g/mol.